The van der Waals surface area contributed by atoms with Gasteiger partial charge in [0.25, 0.3) is 11.9 Å². The maximum atomic E-state index is 12.2. The third-order valence-electron chi connectivity index (χ3n) is 4.03. The van der Waals surface area contributed by atoms with Crippen LogP contribution in [0.25, 0.3) is 0 Å². The number of amides is 1. The number of terminal acetylenes is 1. The van der Waals surface area contributed by atoms with Crippen molar-refractivity contribution in [2.24, 2.45) is 10.7 Å². The number of hydrogen-bond acceptors (Lipinski definition) is 4. The highest BCUT2D eigenvalue weighted by molar-refractivity contribution is 6.04. The smallest absolute Gasteiger partial charge is 0.282 e. The second-order valence-electron chi connectivity index (χ2n) is 5.84. The molecular formula is C20H19N3O2. The molecule has 5 heteroatoms. The van der Waals surface area contributed by atoms with Crippen LogP contribution in [-0.4, -0.2) is 24.6 Å². The Bertz CT molecular complexity index is 818. The van der Waals surface area contributed by atoms with Crippen LogP contribution in [0.1, 0.15) is 27.9 Å². The summed E-state index contributed by atoms with van der Waals surface area (Å²) in [5.74, 6) is 2.37. The minimum absolute atomic E-state index is 0.130. The van der Waals surface area contributed by atoms with Gasteiger partial charge in [-0.05, 0) is 54.8 Å². The van der Waals surface area contributed by atoms with E-state index in [9.17, 15) is 4.79 Å². The maximum absolute atomic E-state index is 12.2. The van der Waals surface area contributed by atoms with Gasteiger partial charge in [0.2, 0.25) is 0 Å². The second kappa shape index (κ2) is 7.54. The Balaban J connectivity index is 1.54. The van der Waals surface area contributed by atoms with Crippen LogP contribution < -0.4 is 11.1 Å². The molecule has 1 aliphatic heterocycles. The van der Waals surface area contributed by atoms with E-state index in [0.717, 1.165) is 24.1 Å². The number of aliphatic imine (C=N–C) groups is 1. The molecule has 1 aliphatic rings. The van der Waals surface area contributed by atoms with Crippen molar-refractivity contribution >= 4 is 17.6 Å². The molecule has 0 saturated heterocycles. The molecule has 0 radical (unpaired) electrons. The van der Waals surface area contributed by atoms with E-state index in [0.29, 0.717) is 12.2 Å². The maximum Gasteiger partial charge on any atom is 0.282 e. The summed E-state index contributed by atoms with van der Waals surface area (Å²) in [6, 6.07) is 15.1. The van der Waals surface area contributed by atoms with Crippen molar-refractivity contribution in [1.29, 1.82) is 0 Å². The molecule has 25 heavy (non-hydrogen) atoms. The van der Waals surface area contributed by atoms with E-state index in [2.05, 4.69) is 16.2 Å². The van der Waals surface area contributed by atoms with Crippen LogP contribution in [0, 0.1) is 12.3 Å². The zero-order chi connectivity index (χ0) is 17.6. The highest BCUT2D eigenvalue weighted by Crippen LogP contribution is 2.15. The third-order valence-corrected chi connectivity index (χ3v) is 4.03. The lowest BCUT2D eigenvalue weighted by Gasteiger charge is -2.08. The molecule has 126 valence electrons. The van der Waals surface area contributed by atoms with Gasteiger partial charge in [-0.2, -0.15) is 0 Å². The summed E-state index contributed by atoms with van der Waals surface area (Å²) in [7, 11) is 0. The lowest BCUT2D eigenvalue weighted by Crippen LogP contribution is -2.12. The van der Waals surface area contributed by atoms with E-state index >= 15 is 0 Å². The number of aryl methyl sites for hydroxylation is 1. The Kier molecular flexibility index (Phi) is 5.00. The first-order valence-electron chi connectivity index (χ1n) is 8.07. The Hall–Kier alpha value is -3.26. The van der Waals surface area contributed by atoms with Gasteiger partial charge >= 0.3 is 0 Å². The number of ether oxygens (including phenoxy) is 1. The van der Waals surface area contributed by atoms with Crippen LogP contribution in [-0.2, 0) is 11.2 Å². The number of nitrogens with one attached hydrogen (secondary N) is 1. The fourth-order valence-electron chi connectivity index (χ4n) is 2.59. The fourth-order valence-corrected chi connectivity index (χ4v) is 2.59. The minimum Gasteiger partial charge on any atom is -0.463 e. The van der Waals surface area contributed by atoms with Crippen LogP contribution in [0.4, 0.5) is 5.69 Å². The van der Waals surface area contributed by atoms with Gasteiger partial charge in [-0.1, -0.05) is 18.1 Å². The highest BCUT2D eigenvalue weighted by Gasteiger charge is 2.16. The average molecular weight is 333 g/mol. The van der Waals surface area contributed by atoms with E-state index in [1.807, 2.05) is 24.3 Å². The van der Waals surface area contributed by atoms with Crippen molar-refractivity contribution in [2.75, 3.05) is 11.9 Å². The molecule has 0 fully saturated rings. The molecule has 0 aromatic heterocycles. The molecule has 1 amide bonds. The van der Waals surface area contributed by atoms with Gasteiger partial charge in [-0.15, -0.1) is 6.42 Å². The number of rotatable bonds is 5. The Morgan fingerprint density at radius 2 is 1.96 bits per heavy atom. The second-order valence-corrected chi connectivity index (χ2v) is 5.84. The topological polar surface area (TPSA) is 76.7 Å². The zero-order valence-corrected chi connectivity index (χ0v) is 13.7. The molecule has 3 rings (SSSR count). The fraction of sp³-hybridized carbons (Fsp3) is 0.200. The van der Waals surface area contributed by atoms with Crippen molar-refractivity contribution in [3.63, 3.8) is 0 Å². The largest absolute Gasteiger partial charge is 0.463 e. The van der Waals surface area contributed by atoms with Crippen LogP contribution in [0.15, 0.2) is 53.5 Å². The number of anilines is 1. The molecule has 0 aliphatic carbocycles. The summed E-state index contributed by atoms with van der Waals surface area (Å²) in [6.45, 7) is 0.554. The molecule has 2 aromatic carbocycles. The normalized spacial score (nSPS) is 15.8. The van der Waals surface area contributed by atoms with Gasteiger partial charge in [0.1, 0.15) is 6.61 Å². The SMILES string of the molecule is C#Cc1ccc(C(=O)Nc2ccc(CC[C@H]3COC(N)=N3)cc2)cc1. The summed E-state index contributed by atoms with van der Waals surface area (Å²) in [5, 5.41) is 2.88. The first-order valence-corrected chi connectivity index (χ1v) is 8.07. The minimum atomic E-state index is -0.163. The van der Waals surface area contributed by atoms with Gasteiger partial charge in [-0.3, -0.25) is 4.79 Å². The number of carbonyl (C=O) groups excluding carboxylic acids is 1. The molecule has 0 saturated carbocycles. The number of benzene rings is 2. The van der Waals surface area contributed by atoms with Crippen molar-refractivity contribution in [2.45, 2.75) is 18.9 Å². The number of nitrogens with two attached hydrogens (primary N) is 1. The van der Waals surface area contributed by atoms with E-state index < -0.39 is 0 Å². The van der Waals surface area contributed by atoms with Gasteiger partial charge in [0, 0.05) is 16.8 Å². The van der Waals surface area contributed by atoms with Gasteiger partial charge in [0.05, 0.1) is 6.04 Å². The zero-order valence-electron chi connectivity index (χ0n) is 13.7. The number of hydrogen-bond donors (Lipinski definition) is 2. The average Bonchev–Trinajstić information content (AvgIpc) is 3.06. The van der Waals surface area contributed by atoms with Crippen molar-refractivity contribution in [3.8, 4) is 12.3 Å². The molecule has 5 nitrogen and oxygen atoms in total. The van der Waals surface area contributed by atoms with E-state index in [1.54, 1.807) is 24.3 Å². The van der Waals surface area contributed by atoms with Crippen LogP contribution in [0.5, 0.6) is 0 Å². The highest BCUT2D eigenvalue weighted by atomic mass is 16.5. The summed E-state index contributed by atoms with van der Waals surface area (Å²) in [4.78, 5) is 16.4. The van der Waals surface area contributed by atoms with E-state index in [4.69, 9.17) is 16.9 Å². The molecule has 0 unspecified atom stereocenters. The van der Waals surface area contributed by atoms with Crippen molar-refractivity contribution < 1.29 is 9.53 Å². The molecule has 0 bridgehead atoms. The standard InChI is InChI=1S/C20H19N3O2/c1-2-14-3-8-16(9-4-14)19(24)22-17-10-5-15(6-11-17)7-12-18-13-25-20(21)23-18/h1,3-6,8-11,18H,7,12-13H2,(H2,21,23)(H,22,24)/t18-/m0/s1. The van der Waals surface area contributed by atoms with Crippen LogP contribution >= 0.6 is 0 Å². The van der Waals surface area contributed by atoms with Gasteiger partial charge < -0.3 is 15.8 Å². The predicted octanol–water partition coefficient (Wildman–Crippen LogP) is 2.57. The molecular weight excluding hydrogens is 314 g/mol. The molecule has 2 aromatic rings. The lowest BCUT2D eigenvalue weighted by atomic mass is 10.1. The summed E-state index contributed by atoms with van der Waals surface area (Å²) < 4.78 is 5.14. The van der Waals surface area contributed by atoms with Gasteiger partial charge in [0.15, 0.2) is 0 Å². The lowest BCUT2D eigenvalue weighted by molar-refractivity contribution is 0.102. The monoisotopic (exact) mass is 333 g/mol. The summed E-state index contributed by atoms with van der Waals surface area (Å²) in [6.07, 6.45) is 7.08. The quantitative estimate of drug-likeness (QED) is 0.826. The third kappa shape index (κ3) is 4.39. The molecule has 0 spiro atoms. The first-order chi connectivity index (χ1) is 12.1. The number of nitrogens with zero attached hydrogens (tertiary/aromatic N) is 1. The molecule has 1 atom stereocenters. The summed E-state index contributed by atoms with van der Waals surface area (Å²) >= 11 is 0. The van der Waals surface area contributed by atoms with Crippen molar-refractivity contribution in [1.82, 2.24) is 0 Å². The molecule has 3 N–H and O–H groups in total. The number of amidine groups is 1. The Morgan fingerprint density at radius 1 is 1.24 bits per heavy atom. The van der Waals surface area contributed by atoms with Crippen molar-refractivity contribution in [3.05, 3.63) is 65.2 Å². The van der Waals surface area contributed by atoms with E-state index in [1.165, 1.54) is 5.56 Å². The first kappa shape index (κ1) is 16.6. The Morgan fingerprint density at radius 3 is 2.56 bits per heavy atom. The Labute approximate surface area is 146 Å². The summed E-state index contributed by atoms with van der Waals surface area (Å²) in [5.41, 5.74) is 8.75. The van der Waals surface area contributed by atoms with Crippen LogP contribution in [0.3, 0.4) is 0 Å². The van der Waals surface area contributed by atoms with E-state index in [-0.39, 0.29) is 18.0 Å². The molecule has 1 heterocycles. The van der Waals surface area contributed by atoms with Crippen LogP contribution in [0.2, 0.25) is 0 Å². The van der Waals surface area contributed by atoms with Gasteiger partial charge in [-0.25, -0.2) is 4.99 Å². The number of carbonyl (C=O) groups is 1. The predicted molar refractivity (Wildman–Crippen MR) is 98.5 cm³/mol.